The highest BCUT2D eigenvalue weighted by atomic mass is 35.5. The first-order valence-electron chi connectivity index (χ1n) is 7.81. The summed E-state index contributed by atoms with van der Waals surface area (Å²) < 4.78 is 16.7. The van der Waals surface area contributed by atoms with Crippen molar-refractivity contribution in [2.75, 3.05) is 13.2 Å². The summed E-state index contributed by atoms with van der Waals surface area (Å²) in [6, 6.07) is 7.59. The van der Waals surface area contributed by atoms with Gasteiger partial charge in [0.15, 0.2) is 0 Å². The van der Waals surface area contributed by atoms with Gasteiger partial charge >= 0.3 is 0 Å². The van der Waals surface area contributed by atoms with Gasteiger partial charge < -0.3 is 13.6 Å². The van der Waals surface area contributed by atoms with E-state index >= 15 is 0 Å². The number of oxazole rings is 1. The largest absolute Gasteiger partial charge is 0.492 e. The zero-order valence-corrected chi connectivity index (χ0v) is 14.0. The van der Waals surface area contributed by atoms with E-state index in [9.17, 15) is 0 Å². The van der Waals surface area contributed by atoms with E-state index in [1.807, 2.05) is 31.2 Å². The van der Waals surface area contributed by atoms with Crippen molar-refractivity contribution >= 4 is 11.6 Å². The molecule has 0 spiro atoms. The van der Waals surface area contributed by atoms with Crippen molar-refractivity contribution in [3.63, 3.8) is 0 Å². The van der Waals surface area contributed by atoms with Crippen molar-refractivity contribution in [1.82, 2.24) is 9.88 Å². The Hall–Kier alpha value is -2.24. The molecule has 1 aliphatic heterocycles. The molecule has 0 N–H and O–H groups in total. The Morgan fingerprint density at radius 3 is 3.04 bits per heavy atom. The van der Waals surface area contributed by atoms with E-state index in [1.165, 1.54) is 0 Å². The highest BCUT2D eigenvalue weighted by Gasteiger charge is 2.19. The molecule has 1 aromatic carbocycles. The number of rotatable bonds is 3. The van der Waals surface area contributed by atoms with Crippen molar-refractivity contribution in [1.29, 1.82) is 0 Å². The normalized spacial score (nSPS) is 14.9. The van der Waals surface area contributed by atoms with Gasteiger partial charge in [-0.25, -0.2) is 4.98 Å². The predicted molar refractivity (Wildman–Crippen MR) is 90.0 cm³/mol. The first kappa shape index (κ1) is 15.3. The lowest BCUT2D eigenvalue weighted by Gasteiger charge is -2.18. The summed E-state index contributed by atoms with van der Waals surface area (Å²) in [5.74, 6) is 2.31. The van der Waals surface area contributed by atoms with E-state index in [-0.39, 0.29) is 0 Å². The standard InChI is InChI=1S/C18H17ClN2O3/c1-12-16(20-18(24-12)13-4-6-22-11-13)10-21-5-7-23-17-3-2-15(19)8-14(17)9-21/h2-4,6,8,11H,5,7,9-10H2,1H3. The summed E-state index contributed by atoms with van der Waals surface area (Å²) in [5.41, 5.74) is 2.87. The molecule has 0 fully saturated rings. The van der Waals surface area contributed by atoms with Crippen molar-refractivity contribution in [2.45, 2.75) is 20.0 Å². The summed E-state index contributed by atoms with van der Waals surface area (Å²) in [6.07, 6.45) is 3.24. The third kappa shape index (κ3) is 3.05. The smallest absolute Gasteiger partial charge is 0.229 e. The summed E-state index contributed by atoms with van der Waals surface area (Å²) in [5, 5.41) is 0.721. The average molecular weight is 345 g/mol. The molecule has 24 heavy (non-hydrogen) atoms. The van der Waals surface area contributed by atoms with Gasteiger partial charge in [-0.1, -0.05) is 11.6 Å². The first-order chi connectivity index (χ1) is 11.7. The molecule has 3 aromatic rings. The second-order valence-corrected chi connectivity index (χ2v) is 6.28. The van der Waals surface area contributed by atoms with Crippen molar-refractivity contribution in [2.24, 2.45) is 0 Å². The molecule has 0 saturated heterocycles. The molecule has 0 bridgehead atoms. The van der Waals surface area contributed by atoms with Crippen LogP contribution in [-0.4, -0.2) is 23.0 Å². The maximum absolute atomic E-state index is 6.11. The van der Waals surface area contributed by atoms with E-state index in [1.54, 1.807) is 12.5 Å². The number of hydrogen-bond donors (Lipinski definition) is 0. The molecular formula is C18H17ClN2O3. The van der Waals surface area contributed by atoms with Crippen LogP contribution in [0.4, 0.5) is 0 Å². The maximum Gasteiger partial charge on any atom is 0.229 e. The lowest BCUT2D eigenvalue weighted by atomic mass is 10.2. The Labute approximate surface area is 144 Å². The molecule has 0 atom stereocenters. The SMILES string of the molecule is Cc1oc(-c2ccoc2)nc1CN1CCOc2ccc(Cl)cc2C1. The monoisotopic (exact) mass is 344 g/mol. The van der Waals surface area contributed by atoms with E-state index in [0.29, 0.717) is 19.0 Å². The van der Waals surface area contributed by atoms with Crippen LogP contribution in [0.15, 0.2) is 45.6 Å². The van der Waals surface area contributed by atoms with Crippen LogP contribution in [0.5, 0.6) is 5.75 Å². The fraction of sp³-hybridized carbons (Fsp3) is 0.278. The van der Waals surface area contributed by atoms with Crippen LogP contribution in [0.2, 0.25) is 5.02 Å². The van der Waals surface area contributed by atoms with Gasteiger partial charge in [-0.05, 0) is 31.2 Å². The lowest BCUT2D eigenvalue weighted by molar-refractivity contribution is 0.217. The highest BCUT2D eigenvalue weighted by Crippen LogP contribution is 2.28. The molecule has 3 heterocycles. The topological polar surface area (TPSA) is 51.6 Å². The Bertz CT molecular complexity index is 842. The van der Waals surface area contributed by atoms with Crippen LogP contribution in [0.25, 0.3) is 11.5 Å². The van der Waals surface area contributed by atoms with Crippen molar-refractivity contribution in [3.8, 4) is 17.2 Å². The number of fused-ring (bicyclic) bond motifs is 1. The molecule has 0 unspecified atom stereocenters. The number of furan rings is 1. The maximum atomic E-state index is 6.11. The van der Waals surface area contributed by atoms with Crippen LogP contribution in [0, 0.1) is 6.92 Å². The Balaban J connectivity index is 1.55. The minimum absolute atomic E-state index is 0.589. The first-order valence-corrected chi connectivity index (χ1v) is 8.19. The number of halogens is 1. The number of hydrogen-bond acceptors (Lipinski definition) is 5. The van der Waals surface area contributed by atoms with E-state index in [4.69, 9.17) is 25.2 Å². The predicted octanol–water partition coefficient (Wildman–Crippen LogP) is 4.29. The fourth-order valence-corrected chi connectivity index (χ4v) is 3.04. The molecule has 0 radical (unpaired) electrons. The second kappa shape index (κ2) is 6.34. The molecular weight excluding hydrogens is 328 g/mol. The summed E-state index contributed by atoms with van der Waals surface area (Å²) >= 11 is 6.11. The molecule has 0 aliphatic carbocycles. The van der Waals surface area contributed by atoms with Crippen LogP contribution < -0.4 is 4.74 Å². The third-order valence-corrected chi connectivity index (χ3v) is 4.35. The number of aryl methyl sites for hydroxylation is 1. The molecule has 5 nitrogen and oxygen atoms in total. The highest BCUT2D eigenvalue weighted by molar-refractivity contribution is 6.30. The van der Waals surface area contributed by atoms with Gasteiger partial charge in [0, 0.05) is 30.2 Å². The van der Waals surface area contributed by atoms with E-state index in [0.717, 1.165) is 46.4 Å². The third-order valence-electron chi connectivity index (χ3n) is 4.12. The molecule has 1 aliphatic rings. The van der Waals surface area contributed by atoms with Crippen LogP contribution in [0.3, 0.4) is 0 Å². The molecule has 0 saturated carbocycles. The number of aromatic nitrogens is 1. The lowest BCUT2D eigenvalue weighted by Crippen LogP contribution is -2.25. The van der Waals surface area contributed by atoms with Gasteiger partial charge in [-0.15, -0.1) is 0 Å². The second-order valence-electron chi connectivity index (χ2n) is 5.85. The van der Waals surface area contributed by atoms with Crippen LogP contribution in [-0.2, 0) is 13.1 Å². The number of benzene rings is 1. The summed E-state index contributed by atoms with van der Waals surface area (Å²) in [7, 11) is 0. The van der Waals surface area contributed by atoms with Gasteiger partial charge in [-0.3, -0.25) is 4.90 Å². The molecule has 2 aromatic heterocycles. The zero-order valence-electron chi connectivity index (χ0n) is 13.3. The minimum atomic E-state index is 0.589. The Kier molecular flexibility index (Phi) is 4.04. The Morgan fingerprint density at radius 1 is 1.29 bits per heavy atom. The van der Waals surface area contributed by atoms with Gasteiger partial charge in [0.1, 0.15) is 24.4 Å². The van der Waals surface area contributed by atoms with Crippen molar-refractivity contribution < 1.29 is 13.6 Å². The van der Waals surface area contributed by atoms with Gasteiger partial charge in [0.25, 0.3) is 0 Å². The summed E-state index contributed by atoms with van der Waals surface area (Å²) in [4.78, 5) is 6.90. The quantitative estimate of drug-likeness (QED) is 0.709. The molecule has 0 amide bonds. The number of nitrogens with zero attached hydrogens (tertiary/aromatic N) is 2. The van der Waals surface area contributed by atoms with Gasteiger partial charge in [-0.2, -0.15) is 0 Å². The van der Waals surface area contributed by atoms with Gasteiger partial charge in [0.2, 0.25) is 5.89 Å². The molecule has 4 rings (SSSR count). The number of ether oxygens (including phenoxy) is 1. The Morgan fingerprint density at radius 2 is 2.21 bits per heavy atom. The minimum Gasteiger partial charge on any atom is -0.492 e. The van der Waals surface area contributed by atoms with Gasteiger partial charge in [0.05, 0.1) is 17.5 Å². The average Bonchev–Trinajstić information content (AvgIpc) is 3.15. The fourth-order valence-electron chi connectivity index (χ4n) is 2.85. The van der Waals surface area contributed by atoms with E-state index in [2.05, 4.69) is 9.88 Å². The van der Waals surface area contributed by atoms with Crippen molar-refractivity contribution in [3.05, 3.63) is 58.8 Å². The summed E-state index contributed by atoms with van der Waals surface area (Å²) in [6.45, 7) is 4.86. The van der Waals surface area contributed by atoms with Crippen LogP contribution in [0.1, 0.15) is 17.0 Å². The van der Waals surface area contributed by atoms with Crippen LogP contribution >= 0.6 is 11.6 Å². The molecule has 6 heteroatoms. The zero-order chi connectivity index (χ0) is 16.5. The molecule has 124 valence electrons. The van der Waals surface area contributed by atoms with E-state index < -0.39 is 0 Å².